The summed E-state index contributed by atoms with van der Waals surface area (Å²) in [5, 5.41) is 2.58. The molecule has 10 heteroatoms. The molecule has 1 heterocycles. The number of aromatic nitrogens is 2. The van der Waals surface area contributed by atoms with Crippen LogP contribution in [0, 0.1) is 12.7 Å². The number of halogens is 4. The Balaban J connectivity index is 2.18. The van der Waals surface area contributed by atoms with Gasteiger partial charge in [0.05, 0.1) is 5.69 Å². The monoisotopic (exact) mass is 478 g/mol. The fourth-order valence-electron chi connectivity index (χ4n) is 3.14. The van der Waals surface area contributed by atoms with Crippen molar-refractivity contribution in [1.82, 2.24) is 9.97 Å². The first-order chi connectivity index (χ1) is 15.1. The van der Waals surface area contributed by atoms with Crippen LogP contribution in [0.4, 0.5) is 20.2 Å². The largest absolute Gasteiger partial charge is 0.321 e. The molecule has 0 radical (unpaired) electrons. The van der Waals surface area contributed by atoms with E-state index in [4.69, 9.17) is 23.2 Å². The third kappa shape index (κ3) is 4.71. The van der Waals surface area contributed by atoms with E-state index in [1.807, 2.05) is 6.92 Å². The van der Waals surface area contributed by atoms with Gasteiger partial charge in [0, 0.05) is 28.7 Å². The van der Waals surface area contributed by atoms with E-state index < -0.39 is 28.8 Å². The Morgan fingerprint density at radius 3 is 2.31 bits per heavy atom. The highest BCUT2D eigenvalue weighted by Gasteiger charge is 2.47. The Morgan fingerprint density at radius 2 is 1.75 bits per heavy atom. The van der Waals surface area contributed by atoms with Crippen LogP contribution in [-0.2, 0) is 15.1 Å². The van der Waals surface area contributed by atoms with Gasteiger partial charge >= 0.3 is 0 Å². The van der Waals surface area contributed by atoms with Gasteiger partial charge in [0.25, 0.3) is 17.4 Å². The van der Waals surface area contributed by atoms with Crippen molar-refractivity contribution in [3.05, 3.63) is 83.2 Å². The Morgan fingerprint density at radius 1 is 1.12 bits per heavy atom. The van der Waals surface area contributed by atoms with Gasteiger partial charge in [-0.25, -0.2) is 18.7 Å². The minimum Gasteiger partial charge on any atom is -0.321 e. The summed E-state index contributed by atoms with van der Waals surface area (Å²) >= 11 is 11.3. The Kier molecular flexibility index (Phi) is 7.06. The molecule has 0 aliphatic heterocycles. The Labute approximate surface area is 193 Å². The molecule has 0 saturated carbocycles. The number of amides is 2. The molecule has 1 N–H and O–H groups in total. The SMILES string of the molecule is Cc1ccc(N(C(=O)[C@H](F)Cl)C(C)(C(=O)Nc2ccc(Cl)cc2F)c2cncnc2)cc1. The van der Waals surface area contributed by atoms with E-state index in [0.29, 0.717) is 0 Å². The summed E-state index contributed by atoms with van der Waals surface area (Å²) in [5.74, 6) is -2.82. The van der Waals surface area contributed by atoms with Gasteiger partial charge in [-0.15, -0.1) is 0 Å². The lowest BCUT2D eigenvalue weighted by molar-refractivity contribution is -0.128. The summed E-state index contributed by atoms with van der Waals surface area (Å²) in [6.07, 6.45) is 3.85. The van der Waals surface area contributed by atoms with Gasteiger partial charge in [0.15, 0.2) is 5.54 Å². The number of hydrogen-bond donors (Lipinski definition) is 1. The highest BCUT2D eigenvalue weighted by atomic mass is 35.5. The number of hydrogen-bond acceptors (Lipinski definition) is 4. The van der Waals surface area contributed by atoms with Crippen LogP contribution < -0.4 is 10.2 Å². The van der Waals surface area contributed by atoms with Crippen molar-refractivity contribution in [2.24, 2.45) is 0 Å². The zero-order valence-corrected chi connectivity index (χ0v) is 18.5. The predicted octanol–water partition coefficient (Wildman–Crippen LogP) is 5.00. The molecule has 0 bridgehead atoms. The minimum atomic E-state index is -2.44. The molecule has 2 atom stereocenters. The topological polar surface area (TPSA) is 75.2 Å². The Bertz CT molecular complexity index is 1130. The van der Waals surface area contributed by atoms with Crippen LogP contribution in [0.2, 0.25) is 5.02 Å². The van der Waals surface area contributed by atoms with E-state index in [0.717, 1.165) is 16.5 Å². The quantitative estimate of drug-likeness (QED) is 0.505. The number of aryl methyl sites for hydroxylation is 1. The van der Waals surface area contributed by atoms with E-state index in [1.54, 1.807) is 24.3 Å². The van der Waals surface area contributed by atoms with Crippen molar-refractivity contribution in [3.8, 4) is 0 Å². The number of alkyl halides is 2. The molecule has 1 aromatic heterocycles. The molecular formula is C22H18Cl2F2N4O2. The van der Waals surface area contributed by atoms with Crippen LogP contribution in [0.1, 0.15) is 18.1 Å². The maximum Gasteiger partial charge on any atom is 0.278 e. The number of carbonyl (C=O) groups excluding carboxylic acids is 2. The molecule has 0 saturated heterocycles. The lowest BCUT2D eigenvalue weighted by Gasteiger charge is -2.40. The van der Waals surface area contributed by atoms with Crippen molar-refractivity contribution < 1.29 is 18.4 Å². The standard InChI is InChI=1S/C22H18Cl2F2N4O2/c1-13-3-6-16(7-4-13)30(20(31)19(24)26)22(2,14-10-27-12-28-11-14)21(32)29-18-8-5-15(23)9-17(18)25/h3-12,19H,1-2H3,(H,29,32)/t19-,22?/m0/s1. The van der Waals surface area contributed by atoms with Crippen LogP contribution in [0.25, 0.3) is 0 Å². The maximum atomic E-state index is 14.4. The minimum absolute atomic E-state index is 0.138. The normalized spacial score (nSPS) is 13.7. The number of benzene rings is 2. The van der Waals surface area contributed by atoms with E-state index in [-0.39, 0.29) is 22.0 Å². The summed E-state index contributed by atoms with van der Waals surface area (Å²) in [6, 6.07) is 10.2. The molecular weight excluding hydrogens is 461 g/mol. The third-order valence-corrected chi connectivity index (χ3v) is 5.31. The van der Waals surface area contributed by atoms with Crippen molar-refractivity contribution in [3.63, 3.8) is 0 Å². The Hall–Kier alpha value is -3.10. The van der Waals surface area contributed by atoms with Gasteiger partial charge in [-0.05, 0) is 44.2 Å². The van der Waals surface area contributed by atoms with Crippen LogP contribution in [0.3, 0.4) is 0 Å². The highest BCUT2D eigenvalue weighted by molar-refractivity contribution is 6.32. The molecule has 0 aliphatic rings. The average molecular weight is 479 g/mol. The molecule has 32 heavy (non-hydrogen) atoms. The number of carbonyl (C=O) groups is 2. The second-order valence-electron chi connectivity index (χ2n) is 7.09. The molecule has 0 aliphatic carbocycles. The van der Waals surface area contributed by atoms with Crippen molar-refractivity contribution in [2.45, 2.75) is 25.0 Å². The van der Waals surface area contributed by atoms with Crippen LogP contribution >= 0.6 is 23.2 Å². The molecule has 0 fully saturated rings. The lowest BCUT2D eigenvalue weighted by atomic mass is 9.89. The van der Waals surface area contributed by atoms with E-state index >= 15 is 0 Å². The van der Waals surface area contributed by atoms with Gasteiger partial charge < -0.3 is 5.32 Å². The van der Waals surface area contributed by atoms with E-state index in [9.17, 15) is 18.4 Å². The fraction of sp³-hybridized carbons (Fsp3) is 0.182. The van der Waals surface area contributed by atoms with Gasteiger partial charge in [0.1, 0.15) is 12.1 Å². The summed E-state index contributed by atoms with van der Waals surface area (Å²) in [4.78, 5) is 35.2. The van der Waals surface area contributed by atoms with Gasteiger partial charge in [-0.1, -0.05) is 40.9 Å². The fourth-order valence-corrected chi connectivity index (χ4v) is 3.40. The van der Waals surface area contributed by atoms with Crippen molar-refractivity contribution in [1.29, 1.82) is 0 Å². The third-order valence-electron chi connectivity index (χ3n) is 4.89. The smallest absolute Gasteiger partial charge is 0.278 e. The number of nitrogens with zero attached hydrogens (tertiary/aromatic N) is 3. The van der Waals surface area contributed by atoms with Crippen molar-refractivity contribution >= 4 is 46.4 Å². The summed E-state index contributed by atoms with van der Waals surface area (Å²) < 4.78 is 28.5. The predicted molar refractivity (Wildman–Crippen MR) is 119 cm³/mol. The van der Waals surface area contributed by atoms with E-state index in [1.165, 1.54) is 37.8 Å². The molecule has 2 aromatic carbocycles. The first-order valence-corrected chi connectivity index (χ1v) is 10.2. The first kappa shape index (κ1) is 23.6. The molecule has 166 valence electrons. The maximum absolute atomic E-state index is 14.4. The zero-order valence-electron chi connectivity index (χ0n) is 17.0. The molecule has 3 rings (SSSR count). The average Bonchev–Trinajstić information content (AvgIpc) is 2.77. The van der Waals surface area contributed by atoms with Crippen molar-refractivity contribution in [2.75, 3.05) is 10.2 Å². The van der Waals surface area contributed by atoms with Gasteiger partial charge in [-0.2, -0.15) is 0 Å². The van der Waals surface area contributed by atoms with Crippen LogP contribution in [-0.4, -0.2) is 27.4 Å². The van der Waals surface area contributed by atoms with Crippen LogP contribution in [0.5, 0.6) is 0 Å². The second kappa shape index (κ2) is 9.58. The molecule has 2 amide bonds. The molecule has 6 nitrogen and oxygen atoms in total. The summed E-state index contributed by atoms with van der Waals surface area (Å²) in [5.41, 5.74) is -3.30. The highest BCUT2D eigenvalue weighted by Crippen LogP contribution is 2.36. The van der Waals surface area contributed by atoms with Gasteiger partial charge in [-0.3, -0.25) is 14.5 Å². The van der Waals surface area contributed by atoms with Crippen LogP contribution in [0.15, 0.2) is 61.2 Å². The summed E-state index contributed by atoms with van der Waals surface area (Å²) in [7, 11) is 0. The molecule has 3 aromatic rings. The second-order valence-corrected chi connectivity index (χ2v) is 7.91. The number of rotatable bonds is 6. The summed E-state index contributed by atoms with van der Waals surface area (Å²) in [6.45, 7) is 3.20. The first-order valence-electron chi connectivity index (χ1n) is 9.35. The number of anilines is 2. The zero-order chi connectivity index (χ0) is 23.5. The molecule has 0 spiro atoms. The molecule has 1 unspecified atom stereocenters. The van der Waals surface area contributed by atoms with E-state index in [2.05, 4.69) is 15.3 Å². The van der Waals surface area contributed by atoms with Gasteiger partial charge in [0.2, 0.25) is 0 Å². The number of nitrogens with one attached hydrogen (secondary N) is 1. The lowest BCUT2D eigenvalue weighted by Crippen LogP contribution is -2.57.